The second kappa shape index (κ2) is 6.89. The van der Waals surface area contributed by atoms with Crippen LogP contribution in [0.2, 0.25) is 0 Å². The summed E-state index contributed by atoms with van der Waals surface area (Å²) in [6, 6.07) is 0.0548. The van der Waals surface area contributed by atoms with E-state index in [1.807, 2.05) is 0 Å². The van der Waals surface area contributed by atoms with Crippen LogP contribution < -0.4 is 5.73 Å². The van der Waals surface area contributed by atoms with Gasteiger partial charge in [0.15, 0.2) is 0 Å². The van der Waals surface area contributed by atoms with Crippen LogP contribution in [0.4, 0.5) is 0 Å². The Labute approximate surface area is 98.4 Å². The first-order valence-corrected chi connectivity index (χ1v) is 6.62. The monoisotopic (exact) mass is 227 g/mol. The SMILES string of the molecule is CCC(N)C(CC(=O)O)C1CCCCCC1. The smallest absolute Gasteiger partial charge is 0.303 e. The molecular formula is C13H25NO2. The number of hydrogen-bond donors (Lipinski definition) is 2. The molecule has 0 saturated heterocycles. The fourth-order valence-electron chi connectivity index (χ4n) is 2.91. The number of nitrogens with two attached hydrogens (primary N) is 1. The zero-order valence-corrected chi connectivity index (χ0v) is 10.3. The number of aliphatic carboxylic acids is 1. The van der Waals surface area contributed by atoms with Gasteiger partial charge in [-0.05, 0) is 18.3 Å². The van der Waals surface area contributed by atoms with Gasteiger partial charge in [0.25, 0.3) is 0 Å². The number of carboxylic acid groups (broad SMARTS) is 1. The lowest BCUT2D eigenvalue weighted by atomic mass is 9.78. The van der Waals surface area contributed by atoms with Crippen molar-refractivity contribution in [3.05, 3.63) is 0 Å². The van der Waals surface area contributed by atoms with E-state index >= 15 is 0 Å². The highest BCUT2D eigenvalue weighted by atomic mass is 16.4. The highest BCUT2D eigenvalue weighted by Gasteiger charge is 2.28. The summed E-state index contributed by atoms with van der Waals surface area (Å²) < 4.78 is 0. The van der Waals surface area contributed by atoms with Crippen LogP contribution in [0.25, 0.3) is 0 Å². The third-order valence-electron chi connectivity index (χ3n) is 3.94. The number of hydrogen-bond acceptors (Lipinski definition) is 2. The Kier molecular flexibility index (Phi) is 5.81. The van der Waals surface area contributed by atoms with Gasteiger partial charge in [0, 0.05) is 12.5 Å². The van der Waals surface area contributed by atoms with Gasteiger partial charge in [-0.25, -0.2) is 0 Å². The highest BCUT2D eigenvalue weighted by Crippen LogP contribution is 2.33. The molecule has 0 amide bonds. The average molecular weight is 227 g/mol. The minimum atomic E-state index is -0.696. The van der Waals surface area contributed by atoms with Crippen LogP contribution in [0, 0.1) is 11.8 Å². The molecule has 0 radical (unpaired) electrons. The van der Waals surface area contributed by atoms with Crippen molar-refractivity contribution < 1.29 is 9.90 Å². The molecular weight excluding hydrogens is 202 g/mol. The summed E-state index contributed by atoms with van der Waals surface area (Å²) in [6.45, 7) is 2.05. The molecule has 3 nitrogen and oxygen atoms in total. The topological polar surface area (TPSA) is 63.3 Å². The van der Waals surface area contributed by atoms with Gasteiger partial charge < -0.3 is 10.8 Å². The first-order valence-electron chi connectivity index (χ1n) is 6.62. The van der Waals surface area contributed by atoms with Crippen molar-refractivity contribution in [1.29, 1.82) is 0 Å². The maximum Gasteiger partial charge on any atom is 0.303 e. The quantitative estimate of drug-likeness (QED) is 0.710. The first kappa shape index (κ1) is 13.5. The van der Waals surface area contributed by atoms with E-state index in [1.165, 1.54) is 38.5 Å². The Morgan fingerprint density at radius 1 is 1.31 bits per heavy atom. The zero-order valence-electron chi connectivity index (χ0n) is 10.3. The molecule has 2 unspecified atom stereocenters. The van der Waals surface area contributed by atoms with E-state index in [2.05, 4.69) is 6.92 Å². The van der Waals surface area contributed by atoms with Gasteiger partial charge in [-0.1, -0.05) is 45.4 Å². The number of carbonyl (C=O) groups is 1. The van der Waals surface area contributed by atoms with E-state index in [0.29, 0.717) is 5.92 Å². The first-order chi connectivity index (χ1) is 7.65. The van der Waals surface area contributed by atoms with Crippen molar-refractivity contribution in [2.75, 3.05) is 0 Å². The second-order valence-corrected chi connectivity index (χ2v) is 5.09. The van der Waals surface area contributed by atoms with E-state index in [0.717, 1.165) is 6.42 Å². The molecule has 1 fully saturated rings. The third-order valence-corrected chi connectivity index (χ3v) is 3.94. The maximum atomic E-state index is 10.9. The summed E-state index contributed by atoms with van der Waals surface area (Å²) >= 11 is 0. The van der Waals surface area contributed by atoms with Crippen LogP contribution in [0.3, 0.4) is 0 Å². The summed E-state index contributed by atoms with van der Waals surface area (Å²) in [4.78, 5) is 10.9. The van der Waals surface area contributed by atoms with Crippen LogP contribution in [0.5, 0.6) is 0 Å². The fourth-order valence-corrected chi connectivity index (χ4v) is 2.91. The minimum Gasteiger partial charge on any atom is -0.481 e. The van der Waals surface area contributed by atoms with Crippen LogP contribution in [-0.2, 0) is 4.79 Å². The molecule has 16 heavy (non-hydrogen) atoms. The van der Waals surface area contributed by atoms with Gasteiger partial charge in [-0.2, -0.15) is 0 Å². The molecule has 2 atom stereocenters. The van der Waals surface area contributed by atoms with Crippen molar-refractivity contribution in [2.45, 2.75) is 64.3 Å². The lowest BCUT2D eigenvalue weighted by Crippen LogP contribution is -2.36. The molecule has 0 aromatic rings. The Bertz CT molecular complexity index is 210. The van der Waals surface area contributed by atoms with Crippen LogP contribution in [0.1, 0.15) is 58.3 Å². The van der Waals surface area contributed by atoms with Crippen molar-refractivity contribution in [2.24, 2.45) is 17.6 Å². The molecule has 1 saturated carbocycles. The lowest BCUT2D eigenvalue weighted by molar-refractivity contribution is -0.138. The molecule has 3 heteroatoms. The molecule has 94 valence electrons. The van der Waals surface area contributed by atoms with Crippen LogP contribution in [-0.4, -0.2) is 17.1 Å². The van der Waals surface area contributed by atoms with Crippen LogP contribution in [0.15, 0.2) is 0 Å². The zero-order chi connectivity index (χ0) is 12.0. The molecule has 0 bridgehead atoms. The predicted octanol–water partition coefficient (Wildman–Crippen LogP) is 2.79. The van der Waals surface area contributed by atoms with Crippen LogP contribution >= 0.6 is 0 Å². The summed E-state index contributed by atoms with van der Waals surface area (Å²) in [5.41, 5.74) is 6.08. The van der Waals surface area contributed by atoms with Crippen molar-refractivity contribution >= 4 is 5.97 Å². The molecule has 0 spiro atoms. The summed E-state index contributed by atoms with van der Waals surface area (Å²) in [6.07, 6.45) is 8.58. The summed E-state index contributed by atoms with van der Waals surface area (Å²) in [7, 11) is 0. The fraction of sp³-hybridized carbons (Fsp3) is 0.923. The van der Waals surface area contributed by atoms with Gasteiger partial charge in [-0.15, -0.1) is 0 Å². The second-order valence-electron chi connectivity index (χ2n) is 5.09. The van der Waals surface area contributed by atoms with Gasteiger partial charge in [0.2, 0.25) is 0 Å². The lowest BCUT2D eigenvalue weighted by Gasteiger charge is -2.29. The molecule has 0 aromatic carbocycles. The predicted molar refractivity (Wildman–Crippen MR) is 65.2 cm³/mol. The number of rotatable bonds is 5. The highest BCUT2D eigenvalue weighted by molar-refractivity contribution is 5.67. The van der Waals surface area contributed by atoms with E-state index in [4.69, 9.17) is 10.8 Å². The maximum absolute atomic E-state index is 10.9. The average Bonchev–Trinajstić information content (AvgIpc) is 2.53. The molecule has 0 aromatic heterocycles. The van der Waals surface area contributed by atoms with Crippen molar-refractivity contribution in [3.63, 3.8) is 0 Å². The summed E-state index contributed by atoms with van der Waals surface area (Å²) in [5, 5.41) is 8.97. The van der Waals surface area contributed by atoms with E-state index in [1.54, 1.807) is 0 Å². The normalized spacial score (nSPS) is 22.4. The van der Waals surface area contributed by atoms with Gasteiger partial charge >= 0.3 is 5.97 Å². The Morgan fingerprint density at radius 2 is 1.88 bits per heavy atom. The molecule has 1 aliphatic carbocycles. The largest absolute Gasteiger partial charge is 0.481 e. The molecule has 3 N–H and O–H groups in total. The Hall–Kier alpha value is -0.570. The van der Waals surface area contributed by atoms with Gasteiger partial charge in [0.05, 0.1) is 0 Å². The van der Waals surface area contributed by atoms with Crippen molar-refractivity contribution in [1.82, 2.24) is 0 Å². The molecule has 0 heterocycles. The van der Waals surface area contributed by atoms with Gasteiger partial charge in [0.1, 0.15) is 0 Å². The Morgan fingerprint density at radius 3 is 2.31 bits per heavy atom. The van der Waals surface area contributed by atoms with E-state index in [9.17, 15) is 4.79 Å². The Balaban J connectivity index is 2.61. The van der Waals surface area contributed by atoms with E-state index in [-0.39, 0.29) is 18.4 Å². The van der Waals surface area contributed by atoms with Crippen molar-refractivity contribution in [3.8, 4) is 0 Å². The standard InChI is InChI=1S/C13H25NO2/c1-2-12(14)11(9-13(15)16)10-7-5-3-4-6-8-10/h10-12H,2-9,14H2,1H3,(H,15,16). The van der Waals surface area contributed by atoms with E-state index < -0.39 is 5.97 Å². The number of carboxylic acids is 1. The molecule has 0 aliphatic heterocycles. The van der Waals surface area contributed by atoms with Gasteiger partial charge in [-0.3, -0.25) is 4.79 Å². The third kappa shape index (κ3) is 4.12. The molecule has 1 aliphatic rings. The molecule has 1 rings (SSSR count). The minimum absolute atomic E-state index is 0.0548. The summed E-state index contributed by atoms with van der Waals surface area (Å²) in [5.74, 6) is 0.0206.